The first kappa shape index (κ1) is 21.2. The van der Waals surface area contributed by atoms with Gasteiger partial charge in [-0.1, -0.05) is 13.0 Å². The number of benzene rings is 2. The summed E-state index contributed by atoms with van der Waals surface area (Å²) < 4.78 is 13.5. The molecule has 0 aliphatic heterocycles. The van der Waals surface area contributed by atoms with Gasteiger partial charge in [0.2, 0.25) is 0 Å². The summed E-state index contributed by atoms with van der Waals surface area (Å²) in [5, 5.41) is 9.60. The molecule has 3 rings (SSSR count). The van der Waals surface area contributed by atoms with Crippen molar-refractivity contribution in [3.05, 3.63) is 74.4 Å². The Morgan fingerprint density at radius 2 is 1.57 bits per heavy atom. The molecule has 0 bridgehead atoms. The Morgan fingerprint density at radius 1 is 0.900 bits per heavy atom. The third-order valence-electron chi connectivity index (χ3n) is 5.12. The van der Waals surface area contributed by atoms with Crippen LogP contribution in [0.25, 0.3) is 11.3 Å². The zero-order valence-electron chi connectivity index (χ0n) is 17.6. The molecule has 0 saturated carbocycles. The number of aromatic hydroxyl groups is 1. The minimum atomic E-state index is -0.377. The Labute approximate surface area is 174 Å². The Kier molecular flexibility index (Phi) is 6.30. The second-order valence-corrected chi connectivity index (χ2v) is 6.84. The van der Waals surface area contributed by atoms with Crippen molar-refractivity contribution in [2.45, 2.75) is 33.4 Å². The van der Waals surface area contributed by atoms with Crippen molar-refractivity contribution < 1.29 is 14.6 Å². The van der Waals surface area contributed by atoms with E-state index in [2.05, 4.69) is 0 Å². The van der Waals surface area contributed by atoms with E-state index in [0.29, 0.717) is 35.7 Å². The van der Waals surface area contributed by atoms with Crippen molar-refractivity contribution in [1.82, 2.24) is 9.13 Å². The first-order valence-electron chi connectivity index (χ1n) is 9.81. The molecule has 0 radical (unpaired) electrons. The predicted molar refractivity (Wildman–Crippen MR) is 116 cm³/mol. The fourth-order valence-corrected chi connectivity index (χ4v) is 3.62. The van der Waals surface area contributed by atoms with Crippen LogP contribution in [0.3, 0.4) is 0 Å². The molecule has 0 aliphatic rings. The maximum Gasteiger partial charge on any atom is 0.331 e. The van der Waals surface area contributed by atoms with Gasteiger partial charge in [-0.25, -0.2) is 4.79 Å². The molecule has 158 valence electrons. The standard InChI is InChI=1S/C23H26N2O5/c1-5-18-21(16-8-10-17(26)11-9-16)24(6-2)23(28)25(22(18)27)14-15-7-12-19(29-3)20(13-15)30-4/h7-13,26H,5-6,14H2,1-4H3. The molecule has 0 atom stereocenters. The molecule has 7 heteroatoms. The van der Waals surface area contributed by atoms with Crippen LogP contribution in [0.4, 0.5) is 0 Å². The topological polar surface area (TPSA) is 82.7 Å². The highest BCUT2D eigenvalue weighted by Crippen LogP contribution is 2.28. The maximum atomic E-state index is 13.3. The van der Waals surface area contributed by atoms with E-state index < -0.39 is 0 Å². The average molecular weight is 410 g/mol. The Bertz CT molecular complexity index is 1120. The van der Waals surface area contributed by atoms with Crippen molar-refractivity contribution in [3.63, 3.8) is 0 Å². The van der Waals surface area contributed by atoms with E-state index in [-0.39, 0.29) is 23.5 Å². The summed E-state index contributed by atoms with van der Waals surface area (Å²) in [6.07, 6.45) is 0.473. The molecular formula is C23H26N2O5. The zero-order chi connectivity index (χ0) is 21.8. The number of nitrogens with zero attached hydrogens (tertiary/aromatic N) is 2. The SMILES string of the molecule is CCc1c(-c2ccc(O)cc2)n(CC)c(=O)n(Cc2ccc(OC)c(OC)c2)c1=O. The Hall–Kier alpha value is -3.48. The van der Waals surface area contributed by atoms with Crippen LogP contribution >= 0.6 is 0 Å². The normalized spacial score (nSPS) is 10.8. The number of phenolic OH excluding ortho intramolecular Hbond substituents is 1. The lowest BCUT2D eigenvalue weighted by molar-refractivity contribution is 0.354. The number of methoxy groups -OCH3 is 2. The second-order valence-electron chi connectivity index (χ2n) is 6.84. The van der Waals surface area contributed by atoms with E-state index in [1.165, 1.54) is 4.57 Å². The summed E-state index contributed by atoms with van der Waals surface area (Å²) >= 11 is 0. The number of aromatic nitrogens is 2. The van der Waals surface area contributed by atoms with Gasteiger partial charge in [0.25, 0.3) is 5.56 Å². The first-order chi connectivity index (χ1) is 14.4. The van der Waals surface area contributed by atoms with Crippen LogP contribution in [0.1, 0.15) is 25.0 Å². The number of phenols is 1. The minimum Gasteiger partial charge on any atom is -0.508 e. The monoisotopic (exact) mass is 410 g/mol. The number of rotatable bonds is 7. The van der Waals surface area contributed by atoms with Crippen molar-refractivity contribution in [2.75, 3.05) is 14.2 Å². The van der Waals surface area contributed by atoms with Crippen LogP contribution in [0.15, 0.2) is 52.1 Å². The van der Waals surface area contributed by atoms with Gasteiger partial charge in [0.1, 0.15) is 5.75 Å². The van der Waals surface area contributed by atoms with Crippen LogP contribution < -0.4 is 20.7 Å². The molecule has 0 spiro atoms. The minimum absolute atomic E-state index is 0.126. The van der Waals surface area contributed by atoms with Crippen molar-refractivity contribution in [3.8, 4) is 28.5 Å². The lowest BCUT2D eigenvalue weighted by Crippen LogP contribution is -2.42. The van der Waals surface area contributed by atoms with E-state index in [1.54, 1.807) is 55.2 Å². The summed E-state index contributed by atoms with van der Waals surface area (Å²) in [5.74, 6) is 1.25. The molecule has 3 aromatic rings. The van der Waals surface area contributed by atoms with Gasteiger partial charge < -0.3 is 14.6 Å². The summed E-state index contributed by atoms with van der Waals surface area (Å²) in [6.45, 7) is 4.30. The number of hydrogen-bond acceptors (Lipinski definition) is 5. The first-order valence-corrected chi connectivity index (χ1v) is 9.81. The fourth-order valence-electron chi connectivity index (χ4n) is 3.62. The third kappa shape index (κ3) is 3.83. The predicted octanol–water partition coefficient (Wildman–Crippen LogP) is 3.03. The quantitative estimate of drug-likeness (QED) is 0.647. The van der Waals surface area contributed by atoms with Gasteiger partial charge in [0.15, 0.2) is 11.5 Å². The molecular weight excluding hydrogens is 384 g/mol. The molecule has 0 aliphatic carbocycles. The molecule has 0 fully saturated rings. The maximum absolute atomic E-state index is 13.3. The zero-order valence-corrected chi connectivity index (χ0v) is 17.6. The molecule has 1 N–H and O–H groups in total. The van der Waals surface area contributed by atoms with Gasteiger partial charge in [-0.05, 0) is 60.9 Å². The highest BCUT2D eigenvalue weighted by molar-refractivity contribution is 5.64. The lowest BCUT2D eigenvalue weighted by Gasteiger charge is -2.18. The van der Waals surface area contributed by atoms with Crippen LogP contribution in [0.5, 0.6) is 17.2 Å². The van der Waals surface area contributed by atoms with E-state index in [4.69, 9.17) is 9.47 Å². The van der Waals surface area contributed by atoms with Crippen LogP contribution in [-0.4, -0.2) is 28.5 Å². The third-order valence-corrected chi connectivity index (χ3v) is 5.12. The molecule has 1 heterocycles. The fraction of sp³-hybridized carbons (Fsp3) is 0.304. The molecule has 7 nitrogen and oxygen atoms in total. The van der Waals surface area contributed by atoms with Gasteiger partial charge in [-0.15, -0.1) is 0 Å². The van der Waals surface area contributed by atoms with Crippen molar-refractivity contribution >= 4 is 0 Å². The molecule has 2 aromatic carbocycles. The van der Waals surface area contributed by atoms with Gasteiger partial charge in [-0.2, -0.15) is 0 Å². The molecule has 0 amide bonds. The van der Waals surface area contributed by atoms with Gasteiger partial charge >= 0.3 is 5.69 Å². The average Bonchev–Trinajstić information content (AvgIpc) is 2.76. The molecule has 30 heavy (non-hydrogen) atoms. The van der Waals surface area contributed by atoms with Crippen molar-refractivity contribution in [2.24, 2.45) is 0 Å². The van der Waals surface area contributed by atoms with Gasteiger partial charge in [0, 0.05) is 12.1 Å². The Morgan fingerprint density at radius 3 is 2.13 bits per heavy atom. The smallest absolute Gasteiger partial charge is 0.331 e. The van der Waals surface area contributed by atoms with E-state index >= 15 is 0 Å². The summed E-state index contributed by atoms with van der Waals surface area (Å²) in [6, 6.07) is 11.9. The molecule has 0 unspecified atom stereocenters. The highest BCUT2D eigenvalue weighted by Gasteiger charge is 2.19. The number of hydrogen-bond donors (Lipinski definition) is 1. The van der Waals surface area contributed by atoms with Crippen LogP contribution in [-0.2, 0) is 19.5 Å². The largest absolute Gasteiger partial charge is 0.508 e. The van der Waals surface area contributed by atoms with E-state index in [1.807, 2.05) is 19.9 Å². The van der Waals surface area contributed by atoms with Gasteiger partial charge in [0.05, 0.1) is 26.5 Å². The number of ether oxygens (including phenoxy) is 2. The Balaban J connectivity index is 2.19. The van der Waals surface area contributed by atoms with Crippen LogP contribution in [0.2, 0.25) is 0 Å². The summed E-state index contributed by atoms with van der Waals surface area (Å²) in [4.78, 5) is 26.5. The summed E-state index contributed by atoms with van der Waals surface area (Å²) in [5.41, 5.74) is 1.94. The van der Waals surface area contributed by atoms with E-state index in [0.717, 1.165) is 11.1 Å². The highest BCUT2D eigenvalue weighted by atomic mass is 16.5. The van der Waals surface area contributed by atoms with Gasteiger partial charge in [-0.3, -0.25) is 13.9 Å². The molecule has 1 aromatic heterocycles. The van der Waals surface area contributed by atoms with E-state index in [9.17, 15) is 14.7 Å². The van der Waals surface area contributed by atoms with Crippen molar-refractivity contribution in [1.29, 1.82) is 0 Å². The molecule has 0 saturated heterocycles. The second kappa shape index (κ2) is 8.90. The lowest BCUT2D eigenvalue weighted by atomic mass is 10.0. The van der Waals surface area contributed by atoms with Crippen LogP contribution in [0, 0.1) is 0 Å². The summed E-state index contributed by atoms with van der Waals surface area (Å²) in [7, 11) is 3.09.